The maximum atomic E-state index is 13.1. The van der Waals surface area contributed by atoms with Gasteiger partial charge in [-0.05, 0) is 80.8 Å². The largest absolute Gasteiger partial charge is 0.335 e. The Labute approximate surface area is 199 Å². The molecule has 0 aromatic heterocycles. The third-order valence-electron chi connectivity index (χ3n) is 7.18. The van der Waals surface area contributed by atoms with Crippen LogP contribution in [0.25, 0.3) is 0 Å². The van der Waals surface area contributed by atoms with Crippen LogP contribution in [0, 0.1) is 27.8 Å². The van der Waals surface area contributed by atoms with Gasteiger partial charge in [0.2, 0.25) is 0 Å². The predicted octanol–water partition coefficient (Wildman–Crippen LogP) is 5.37. The highest BCUT2D eigenvalue weighted by Crippen LogP contribution is 2.28. The number of urea groups is 1. The molecule has 8 heteroatoms. The number of benzene rings is 2. The zero-order chi connectivity index (χ0) is 23.9. The van der Waals surface area contributed by atoms with Gasteiger partial charge in [-0.1, -0.05) is 31.0 Å². The number of rotatable bonds is 7. The number of piperidine rings is 1. The van der Waals surface area contributed by atoms with E-state index in [1.54, 1.807) is 12.1 Å². The number of amides is 2. The Balaban J connectivity index is 1.25. The van der Waals surface area contributed by atoms with E-state index in [0.29, 0.717) is 17.5 Å². The van der Waals surface area contributed by atoms with Gasteiger partial charge in [0.15, 0.2) is 0 Å². The predicted molar refractivity (Wildman–Crippen MR) is 130 cm³/mol. The second-order valence-corrected chi connectivity index (χ2v) is 9.63. The van der Waals surface area contributed by atoms with E-state index < -0.39 is 4.92 Å². The quantitative estimate of drug-likeness (QED) is 0.422. The number of carbonyl (C=O) groups excluding carboxylic acids is 1. The number of likely N-dealkylation sites (tertiary alicyclic amines) is 1. The number of anilines is 1. The standard InChI is InChI=1S/C26H33FN4O3/c27-22-10-8-19(9-11-22)16-20-12-14-30(15-13-20)18-21-4-1-2-7-25(21)29-26(32)28-23-5-3-6-24(17-23)31(33)34/h3,5-6,8-11,17,20-21,25H,1-2,4,7,12-16,18H2,(H2,28,29,32)/t21-,25+/m1/s1. The summed E-state index contributed by atoms with van der Waals surface area (Å²) in [6, 6.07) is 12.6. The molecule has 1 aliphatic carbocycles. The van der Waals surface area contributed by atoms with Crippen LogP contribution in [-0.2, 0) is 6.42 Å². The Kier molecular flexibility index (Phi) is 8.11. The normalized spacial score (nSPS) is 21.7. The third kappa shape index (κ3) is 6.76. The van der Waals surface area contributed by atoms with Gasteiger partial charge >= 0.3 is 6.03 Å². The minimum atomic E-state index is -0.469. The van der Waals surface area contributed by atoms with Crippen LogP contribution in [0.15, 0.2) is 48.5 Å². The Bertz CT molecular complexity index is 976. The molecule has 2 fully saturated rings. The first-order chi connectivity index (χ1) is 16.5. The summed E-state index contributed by atoms with van der Waals surface area (Å²) < 4.78 is 13.1. The average molecular weight is 469 g/mol. The van der Waals surface area contributed by atoms with Crippen molar-refractivity contribution in [3.63, 3.8) is 0 Å². The molecule has 2 aliphatic rings. The summed E-state index contributed by atoms with van der Waals surface area (Å²) in [5.41, 5.74) is 1.57. The summed E-state index contributed by atoms with van der Waals surface area (Å²) in [6.45, 7) is 3.08. The number of nitro benzene ring substituents is 1. The molecule has 2 amide bonds. The second-order valence-electron chi connectivity index (χ2n) is 9.63. The SMILES string of the molecule is O=C(Nc1cccc([N+](=O)[O-])c1)N[C@H]1CCCC[C@@H]1CN1CCC(Cc2ccc(F)cc2)CC1. The summed E-state index contributed by atoms with van der Waals surface area (Å²) in [4.78, 5) is 25.6. The smallest absolute Gasteiger partial charge is 0.319 e. The van der Waals surface area contributed by atoms with Crippen molar-refractivity contribution in [3.05, 3.63) is 70.0 Å². The van der Waals surface area contributed by atoms with E-state index in [1.165, 1.54) is 36.2 Å². The number of halogens is 1. The van der Waals surface area contributed by atoms with E-state index in [9.17, 15) is 19.3 Å². The monoisotopic (exact) mass is 468 g/mol. The topological polar surface area (TPSA) is 87.5 Å². The molecule has 1 saturated carbocycles. The maximum Gasteiger partial charge on any atom is 0.319 e. The molecular weight excluding hydrogens is 435 g/mol. The van der Waals surface area contributed by atoms with Gasteiger partial charge in [0.05, 0.1) is 4.92 Å². The van der Waals surface area contributed by atoms with Crippen molar-refractivity contribution in [3.8, 4) is 0 Å². The highest BCUT2D eigenvalue weighted by atomic mass is 19.1. The summed E-state index contributed by atoms with van der Waals surface area (Å²) >= 11 is 0. The fraction of sp³-hybridized carbons (Fsp3) is 0.500. The van der Waals surface area contributed by atoms with E-state index in [-0.39, 0.29) is 23.6 Å². The molecule has 1 saturated heterocycles. The molecule has 0 radical (unpaired) electrons. The van der Waals surface area contributed by atoms with Crippen molar-refractivity contribution < 1.29 is 14.1 Å². The number of carbonyl (C=O) groups is 1. The number of nitro groups is 1. The molecule has 0 bridgehead atoms. The molecule has 2 aromatic carbocycles. The molecule has 2 aromatic rings. The molecule has 1 heterocycles. The van der Waals surface area contributed by atoms with E-state index in [1.807, 2.05) is 12.1 Å². The van der Waals surface area contributed by atoms with Gasteiger partial charge < -0.3 is 15.5 Å². The van der Waals surface area contributed by atoms with E-state index >= 15 is 0 Å². The van der Waals surface area contributed by atoms with E-state index in [0.717, 1.165) is 58.2 Å². The van der Waals surface area contributed by atoms with Crippen LogP contribution in [0.5, 0.6) is 0 Å². The molecule has 0 unspecified atom stereocenters. The fourth-order valence-corrected chi connectivity index (χ4v) is 5.31. The van der Waals surface area contributed by atoms with Crippen LogP contribution in [0.2, 0.25) is 0 Å². The van der Waals surface area contributed by atoms with Crippen LogP contribution < -0.4 is 10.6 Å². The van der Waals surface area contributed by atoms with Gasteiger partial charge in [-0.15, -0.1) is 0 Å². The van der Waals surface area contributed by atoms with Gasteiger partial charge in [0, 0.05) is 30.4 Å². The number of hydrogen-bond acceptors (Lipinski definition) is 4. The van der Waals surface area contributed by atoms with Gasteiger partial charge in [-0.3, -0.25) is 10.1 Å². The van der Waals surface area contributed by atoms with Crippen LogP contribution >= 0.6 is 0 Å². The molecular formula is C26H33FN4O3. The summed E-state index contributed by atoms with van der Waals surface area (Å²) in [6.07, 6.45) is 7.59. The first kappa shape index (κ1) is 24.1. The number of non-ortho nitro benzene ring substituents is 1. The molecule has 0 spiro atoms. The molecule has 2 atom stereocenters. The lowest BCUT2D eigenvalue weighted by atomic mass is 9.83. The average Bonchev–Trinajstić information content (AvgIpc) is 2.83. The van der Waals surface area contributed by atoms with Crippen molar-refractivity contribution >= 4 is 17.4 Å². The lowest BCUT2D eigenvalue weighted by Crippen LogP contribution is -2.48. The maximum absolute atomic E-state index is 13.1. The summed E-state index contributed by atoms with van der Waals surface area (Å²) in [5.74, 6) is 0.842. The Morgan fingerprint density at radius 2 is 1.79 bits per heavy atom. The lowest BCUT2D eigenvalue weighted by Gasteiger charge is -2.39. The van der Waals surface area contributed by atoms with Gasteiger partial charge in [-0.25, -0.2) is 9.18 Å². The molecule has 182 valence electrons. The van der Waals surface area contributed by atoms with E-state index in [2.05, 4.69) is 15.5 Å². The Morgan fingerprint density at radius 3 is 2.53 bits per heavy atom. The van der Waals surface area contributed by atoms with Gasteiger partial charge in [0.25, 0.3) is 5.69 Å². The van der Waals surface area contributed by atoms with Crippen molar-refractivity contribution in [2.24, 2.45) is 11.8 Å². The molecule has 7 nitrogen and oxygen atoms in total. The minimum absolute atomic E-state index is 0.0452. The van der Waals surface area contributed by atoms with Crippen molar-refractivity contribution in [2.75, 3.05) is 25.0 Å². The molecule has 2 N–H and O–H groups in total. The molecule has 1 aliphatic heterocycles. The summed E-state index contributed by atoms with van der Waals surface area (Å²) in [7, 11) is 0. The van der Waals surface area contributed by atoms with Gasteiger partial charge in [0.1, 0.15) is 5.82 Å². The first-order valence-electron chi connectivity index (χ1n) is 12.2. The van der Waals surface area contributed by atoms with Crippen LogP contribution in [0.4, 0.5) is 20.6 Å². The Morgan fingerprint density at radius 1 is 1.06 bits per heavy atom. The highest BCUT2D eigenvalue weighted by Gasteiger charge is 2.30. The number of nitrogens with one attached hydrogen (secondary N) is 2. The van der Waals surface area contributed by atoms with Crippen molar-refractivity contribution in [1.29, 1.82) is 0 Å². The summed E-state index contributed by atoms with van der Waals surface area (Å²) in [5, 5.41) is 16.8. The van der Waals surface area contributed by atoms with E-state index in [4.69, 9.17) is 0 Å². The minimum Gasteiger partial charge on any atom is -0.335 e. The number of hydrogen-bond donors (Lipinski definition) is 2. The first-order valence-corrected chi connectivity index (χ1v) is 12.2. The molecule has 4 rings (SSSR count). The van der Waals surface area contributed by atoms with Crippen molar-refractivity contribution in [2.45, 2.75) is 51.0 Å². The zero-order valence-corrected chi connectivity index (χ0v) is 19.4. The fourth-order valence-electron chi connectivity index (χ4n) is 5.31. The van der Waals surface area contributed by atoms with Crippen LogP contribution in [0.1, 0.15) is 44.1 Å². The second kappa shape index (κ2) is 11.4. The Hall–Kier alpha value is -3.00. The zero-order valence-electron chi connectivity index (χ0n) is 19.4. The van der Waals surface area contributed by atoms with Crippen LogP contribution in [0.3, 0.4) is 0 Å². The van der Waals surface area contributed by atoms with Crippen LogP contribution in [-0.4, -0.2) is 41.5 Å². The molecule has 34 heavy (non-hydrogen) atoms. The number of nitrogens with zero attached hydrogens (tertiary/aromatic N) is 2. The highest BCUT2D eigenvalue weighted by molar-refractivity contribution is 5.89. The van der Waals surface area contributed by atoms with Gasteiger partial charge in [-0.2, -0.15) is 0 Å². The third-order valence-corrected chi connectivity index (χ3v) is 7.18. The lowest BCUT2D eigenvalue weighted by molar-refractivity contribution is -0.384. The van der Waals surface area contributed by atoms with Crippen molar-refractivity contribution in [1.82, 2.24) is 10.2 Å².